The summed E-state index contributed by atoms with van der Waals surface area (Å²) >= 11 is 0. The molecular formula is C29H33N3O3. The van der Waals surface area contributed by atoms with Crippen molar-refractivity contribution in [3.8, 4) is 0 Å². The number of carboxylic acid groups (broad SMARTS) is 1. The molecular weight excluding hydrogens is 438 g/mol. The molecule has 0 amide bonds. The van der Waals surface area contributed by atoms with Crippen LogP contribution in [0.15, 0.2) is 53.8 Å². The van der Waals surface area contributed by atoms with Gasteiger partial charge in [0.25, 0.3) is 0 Å². The van der Waals surface area contributed by atoms with Crippen LogP contribution in [0.5, 0.6) is 0 Å². The number of oxime groups is 1. The number of rotatable bonds is 6. The van der Waals surface area contributed by atoms with Crippen molar-refractivity contribution >= 4 is 22.6 Å². The Labute approximate surface area is 206 Å². The predicted molar refractivity (Wildman–Crippen MR) is 137 cm³/mol. The van der Waals surface area contributed by atoms with E-state index in [0.29, 0.717) is 11.6 Å². The summed E-state index contributed by atoms with van der Waals surface area (Å²) < 4.78 is 2.44. The van der Waals surface area contributed by atoms with Crippen molar-refractivity contribution in [3.05, 3.63) is 70.9 Å². The summed E-state index contributed by atoms with van der Waals surface area (Å²) in [6.07, 6.45) is 7.70. The molecule has 2 fully saturated rings. The van der Waals surface area contributed by atoms with Crippen LogP contribution in [0.25, 0.3) is 10.9 Å². The molecule has 2 aromatic carbocycles. The van der Waals surface area contributed by atoms with E-state index < -0.39 is 5.97 Å². The highest BCUT2D eigenvalue weighted by atomic mass is 16.7. The standard InChI is InChI=1S/C29H33N3O3/c1-19(2)32-18-23(27-24(20-6-7-20)4-3-5-26(27)32)17-31-14-12-29(13-15-31)16-25(30-35-29)21-8-10-22(11-9-21)28(33)34/h3-5,8-11,18-20H,6-7,12-17H2,1-2H3,(H,33,34). The smallest absolute Gasteiger partial charge is 0.335 e. The van der Waals surface area contributed by atoms with Crippen LogP contribution in [0.1, 0.15) is 85.0 Å². The Bertz CT molecular complexity index is 1290. The minimum atomic E-state index is -0.911. The first-order valence-electron chi connectivity index (χ1n) is 12.9. The van der Waals surface area contributed by atoms with E-state index in [1.165, 1.54) is 34.9 Å². The SMILES string of the molecule is CC(C)n1cc(CN2CCC3(CC2)CC(c2ccc(C(=O)O)cc2)=NO3)c2c(C3CC3)cccc21. The fourth-order valence-electron chi connectivity index (χ4n) is 5.82. The van der Waals surface area contributed by atoms with E-state index in [0.717, 1.165) is 56.1 Å². The van der Waals surface area contributed by atoms with E-state index in [-0.39, 0.29) is 5.60 Å². The molecule has 1 aliphatic carbocycles. The highest BCUT2D eigenvalue weighted by molar-refractivity contribution is 6.02. The zero-order valence-electron chi connectivity index (χ0n) is 20.5. The van der Waals surface area contributed by atoms with Gasteiger partial charge in [-0.1, -0.05) is 29.4 Å². The summed E-state index contributed by atoms with van der Waals surface area (Å²) in [6.45, 7) is 7.48. The van der Waals surface area contributed by atoms with Crippen molar-refractivity contribution in [2.75, 3.05) is 13.1 Å². The van der Waals surface area contributed by atoms with Crippen LogP contribution in [-0.2, 0) is 11.4 Å². The maximum absolute atomic E-state index is 11.1. The van der Waals surface area contributed by atoms with Crippen LogP contribution >= 0.6 is 0 Å². The first-order valence-corrected chi connectivity index (χ1v) is 12.9. The lowest BCUT2D eigenvalue weighted by Crippen LogP contribution is -2.44. The summed E-state index contributed by atoms with van der Waals surface area (Å²) in [5, 5.41) is 15.0. The number of benzene rings is 2. The molecule has 3 heterocycles. The monoisotopic (exact) mass is 471 g/mol. The number of aromatic carboxylic acids is 1. The zero-order chi connectivity index (χ0) is 24.2. The number of likely N-dealkylation sites (tertiary alicyclic amines) is 1. The summed E-state index contributed by atoms with van der Waals surface area (Å²) in [6, 6.07) is 14.2. The van der Waals surface area contributed by atoms with Gasteiger partial charge >= 0.3 is 5.97 Å². The lowest BCUT2D eigenvalue weighted by molar-refractivity contribution is -0.0626. The van der Waals surface area contributed by atoms with Gasteiger partial charge in [-0.3, -0.25) is 4.90 Å². The molecule has 1 N–H and O–H groups in total. The Morgan fingerprint density at radius 2 is 1.89 bits per heavy atom. The molecule has 182 valence electrons. The highest BCUT2D eigenvalue weighted by Gasteiger charge is 2.42. The predicted octanol–water partition coefficient (Wildman–Crippen LogP) is 5.96. The molecule has 1 spiro atoms. The van der Waals surface area contributed by atoms with Gasteiger partial charge in [0.15, 0.2) is 0 Å². The van der Waals surface area contributed by atoms with Gasteiger partial charge in [0.1, 0.15) is 5.60 Å². The third kappa shape index (κ3) is 4.14. The number of nitrogens with zero attached hydrogens (tertiary/aromatic N) is 3. The van der Waals surface area contributed by atoms with E-state index >= 15 is 0 Å². The summed E-state index contributed by atoms with van der Waals surface area (Å²) in [4.78, 5) is 19.7. The average molecular weight is 472 g/mol. The molecule has 0 radical (unpaired) electrons. The molecule has 3 aliphatic rings. The third-order valence-electron chi connectivity index (χ3n) is 8.01. The van der Waals surface area contributed by atoms with Gasteiger partial charge in [-0.15, -0.1) is 0 Å². The zero-order valence-corrected chi connectivity index (χ0v) is 20.5. The number of fused-ring (bicyclic) bond motifs is 1. The molecule has 0 bridgehead atoms. The quantitative estimate of drug-likeness (QED) is 0.482. The number of hydrogen-bond donors (Lipinski definition) is 1. The molecule has 35 heavy (non-hydrogen) atoms. The summed E-state index contributed by atoms with van der Waals surface area (Å²) in [5.41, 5.74) is 6.29. The molecule has 1 saturated carbocycles. The van der Waals surface area contributed by atoms with Gasteiger partial charge in [-0.2, -0.15) is 0 Å². The topological polar surface area (TPSA) is 67.1 Å². The Hall–Kier alpha value is -3.12. The molecule has 6 heteroatoms. The molecule has 0 atom stereocenters. The first kappa shape index (κ1) is 22.4. The van der Waals surface area contributed by atoms with Crippen molar-refractivity contribution in [2.24, 2.45) is 5.16 Å². The second-order valence-corrected chi connectivity index (χ2v) is 10.8. The average Bonchev–Trinajstić information content (AvgIpc) is 3.53. The van der Waals surface area contributed by atoms with Gasteiger partial charge in [0.2, 0.25) is 0 Å². The van der Waals surface area contributed by atoms with Crippen LogP contribution in [0.3, 0.4) is 0 Å². The van der Waals surface area contributed by atoms with E-state index in [1.807, 2.05) is 12.1 Å². The molecule has 1 aromatic heterocycles. The van der Waals surface area contributed by atoms with Crippen LogP contribution in [0.2, 0.25) is 0 Å². The van der Waals surface area contributed by atoms with Crippen LogP contribution < -0.4 is 0 Å². The van der Waals surface area contributed by atoms with Crippen molar-refractivity contribution < 1.29 is 14.7 Å². The van der Waals surface area contributed by atoms with E-state index in [2.05, 4.69) is 52.9 Å². The minimum absolute atomic E-state index is 0.234. The lowest BCUT2D eigenvalue weighted by atomic mass is 9.85. The maximum atomic E-state index is 11.1. The molecule has 3 aromatic rings. The largest absolute Gasteiger partial charge is 0.478 e. The second kappa shape index (κ2) is 8.52. The van der Waals surface area contributed by atoms with Gasteiger partial charge in [-0.05, 0) is 67.5 Å². The minimum Gasteiger partial charge on any atom is -0.478 e. The van der Waals surface area contributed by atoms with Gasteiger partial charge in [0.05, 0.1) is 11.3 Å². The Kier molecular flexibility index (Phi) is 5.44. The van der Waals surface area contributed by atoms with Gasteiger partial charge in [0, 0.05) is 62.0 Å². The number of carbonyl (C=O) groups is 1. The summed E-state index contributed by atoms with van der Waals surface area (Å²) in [5.74, 6) is -0.178. The Balaban J connectivity index is 1.15. The molecule has 0 unspecified atom stereocenters. The molecule has 6 rings (SSSR count). The van der Waals surface area contributed by atoms with Gasteiger partial charge in [-0.25, -0.2) is 4.79 Å². The van der Waals surface area contributed by atoms with E-state index in [9.17, 15) is 4.79 Å². The normalized spacial score (nSPS) is 19.9. The molecule has 2 aliphatic heterocycles. The van der Waals surface area contributed by atoms with Crippen molar-refractivity contribution in [2.45, 2.75) is 70.1 Å². The fourth-order valence-corrected chi connectivity index (χ4v) is 5.82. The van der Waals surface area contributed by atoms with Crippen LogP contribution in [-0.4, -0.2) is 44.9 Å². The van der Waals surface area contributed by atoms with E-state index in [4.69, 9.17) is 9.94 Å². The van der Waals surface area contributed by atoms with Gasteiger partial charge < -0.3 is 14.5 Å². The first-order chi connectivity index (χ1) is 16.9. The second-order valence-electron chi connectivity index (χ2n) is 10.8. The van der Waals surface area contributed by atoms with Crippen molar-refractivity contribution in [3.63, 3.8) is 0 Å². The van der Waals surface area contributed by atoms with E-state index in [1.54, 1.807) is 12.1 Å². The Morgan fingerprint density at radius 1 is 1.14 bits per heavy atom. The maximum Gasteiger partial charge on any atom is 0.335 e. The molecule has 6 nitrogen and oxygen atoms in total. The molecule has 1 saturated heterocycles. The lowest BCUT2D eigenvalue weighted by Gasteiger charge is -2.37. The fraction of sp³-hybridized carbons (Fsp3) is 0.448. The van der Waals surface area contributed by atoms with Crippen LogP contribution in [0.4, 0.5) is 0 Å². The number of aromatic nitrogens is 1. The Morgan fingerprint density at radius 3 is 2.54 bits per heavy atom. The highest BCUT2D eigenvalue weighted by Crippen LogP contribution is 2.45. The summed E-state index contributed by atoms with van der Waals surface area (Å²) in [7, 11) is 0. The van der Waals surface area contributed by atoms with Crippen molar-refractivity contribution in [1.82, 2.24) is 9.47 Å². The van der Waals surface area contributed by atoms with Crippen LogP contribution in [0, 0.1) is 0 Å². The number of carboxylic acids is 1. The third-order valence-corrected chi connectivity index (χ3v) is 8.01. The van der Waals surface area contributed by atoms with Crippen molar-refractivity contribution in [1.29, 1.82) is 0 Å². The number of piperidine rings is 1. The number of hydrogen-bond acceptors (Lipinski definition) is 4.